The van der Waals surface area contributed by atoms with Gasteiger partial charge in [0.1, 0.15) is 11.1 Å². The fourth-order valence-corrected chi connectivity index (χ4v) is 3.72. The minimum atomic E-state index is -3.68. The number of alkyl carbamates (subject to hydrolysis) is 1. The van der Waals surface area contributed by atoms with Crippen molar-refractivity contribution in [2.45, 2.75) is 57.6 Å². The van der Waals surface area contributed by atoms with E-state index in [1.165, 1.54) is 0 Å². The van der Waals surface area contributed by atoms with Crippen molar-refractivity contribution in [1.29, 1.82) is 0 Å². The van der Waals surface area contributed by atoms with E-state index in [1.54, 1.807) is 20.8 Å². The van der Waals surface area contributed by atoms with Crippen molar-refractivity contribution in [2.75, 3.05) is 5.75 Å². The van der Waals surface area contributed by atoms with Crippen molar-refractivity contribution in [1.82, 2.24) is 10.0 Å². The molecule has 0 saturated heterocycles. The van der Waals surface area contributed by atoms with Crippen LogP contribution in [-0.2, 0) is 19.6 Å². The molecule has 2 N–H and O–H groups in total. The quantitative estimate of drug-likeness (QED) is 0.701. The highest BCUT2D eigenvalue weighted by atomic mass is 32.2. The fourth-order valence-electron chi connectivity index (χ4n) is 2.57. The Hall–Kier alpha value is -1.57. The summed E-state index contributed by atoms with van der Waals surface area (Å²) in [6.45, 7) is 5.16. The molecule has 2 amide bonds. The standard InChI is InChI=1S/C15H24N2O5S/c1-14(2,3)22-13(19)16-15-10-11(15)8-6-4-5-7-9-23(20,21)17-12(15)18/h6,8,11H,4-5,7,9-10H2,1-3H3,(H,16,19)(H,17,18)/t11?,15-/m1/s1. The highest BCUT2D eigenvalue weighted by Crippen LogP contribution is 2.45. The van der Waals surface area contributed by atoms with Gasteiger partial charge in [-0.25, -0.2) is 13.2 Å². The van der Waals surface area contributed by atoms with E-state index in [-0.39, 0.29) is 11.7 Å². The van der Waals surface area contributed by atoms with Gasteiger partial charge in [0.25, 0.3) is 5.91 Å². The maximum absolute atomic E-state index is 12.4. The first-order valence-electron chi connectivity index (χ1n) is 7.77. The van der Waals surface area contributed by atoms with Crippen LogP contribution in [0.25, 0.3) is 0 Å². The molecule has 23 heavy (non-hydrogen) atoms. The molecule has 0 spiro atoms. The minimum Gasteiger partial charge on any atom is -0.444 e. The smallest absolute Gasteiger partial charge is 0.408 e. The summed E-state index contributed by atoms with van der Waals surface area (Å²) < 4.78 is 31.1. The molecule has 8 heteroatoms. The number of hydrogen-bond acceptors (Lipinski definition) is 5. The monoisotopic (exact) mass is 344 g/mol. The Balaban J connectivity index is 2.18. The average molecular weight is 344 g/mol. The third-order valence-corrected chi connectivity index (χ3v) is 5.12. The van der Waals surface area contributed by atoms with Crippen LogP contribution in [0.3, 0.4) is 0 Å². The molecule has 2 aliphatic rings. The van der Waals surface area contributed by atoms with E-state index < -0.39 is 33.2 Å². The second-order valence-electron chi connectivity index (χ2n) is 7.08. The molecule has 1 saturated carbocycles. The van der Waals surface area contributed by atoms with Gasteiger partial charge in [-0.15, -0.1) is 0 Å². The zero-order valence-electron chi connectivity index (χ0n) is 13.7. The Morgan fingerprint density at radius 2 is 2.09 bits per heavy atom. The predicted octanol–water partition coefficient (Wildman–Crippen LogP) is 1.46. The van der Waals surface area contributed by atoms with Gasteiger partial charge >= 0.3 is 6.09 Å². The molecule has 0 aromatic carbocycles. The van der Waals surface area contributed by atoms with Crippen molar-refractivity contribution < 1.29 is 22.7 Å². The van der Waals surface area contributed by atoms with E-state index in [0.29, 0.717) is 12.8 Å². The van der Waals surface area contributed by atoms with Gasteiger partial charge in [-0.3, -0.25) is 9.52 Å². The molecule has 2 rings (SSSR count). The summed E-state index contributed by atoms with van der Waals surface area (Å²) in [7, 11) is -3.68. The Morgan fingerprint density at radius 1 is 1.39 bits per heavy atom. The van der Waals surface area contributed by atoms with E-state index in [9.17, 15) is 18.0 Å². The maximum Gasteiger partial charge on any atom is 0.408 e. The lowest BCUT2D eigenvalue weighted by Gasteiger charge is -2.23. The van der Waals surface area contributed by atoms with Gasteiger partial charge < -0.3 is 10.1 Å². The molecule has 0 aromatic heterocycles. The van der Waals surface area contributed by atoms with E-state index in [0.717, 1.165) is 12.8 Å². The van der Waals surface area contributed by atoms with Crippen molar-refractivity contribution in [3.05, 3.63) is 12.2 Å². The minimum absolute atomic E-state index is 0.0975. The number of carbonyl (C=O) groups excluding carboxylic acids is 2. The van der Waals surface area contributed by atoms with Crippen LogP contribution >= 0.6 is 0 Å². The topological polar surface area (TPSA) is 102 Å². The van der Waals surface area contributed by atoms with Crippen LogP contribution in [-0.4, -0.2) is 37.3 Å². The number of allylic oxidation sites excluding steroid dienone is 1. The Morgan fingerprint density at radius 3 is 2.74 bits per heavy atom. The molecule has 130 valence electrons. The zero-order valence-corrected chi connectivity index (χ0v) is 14.5. The van der Waals surface area contributed by atoms with Crippen LogP contribution in [0.5, 0.6) is 0 Å². The molecule has 1 unspecified atom stereocenters. The first-order valence-corrected chi connectivity index (χ1v) is 9.42. The first-order chi connectivity index (χ1) is 10.5. The van der Waals surface area contributed by atoms with Crippen molar-refractivity contribution in [3.8, 4) is 0 Å². The third-order valence-electron chi connectivity index (χ3n) is 3.79. The van der Waals surface area contributed by atoms with Crippen LogP contribution in [0.1, 0.15) is 46.5 Å². The molecule has 1 fully saturated rings. The number of sulfonamides is 1. The lowest BCUT2D eigenvalue weighted by Crippen LogP contribution is -2.53. The summed E-state index contributed by atoms with van der Waals surface area (Å²) >= 11 is 0. The van der Waals surface area contributed by atoms with E-state index in [4.69, 9.17) is 4.74 Å². The largest absolute Gasteiger partial charge is 0.444 e. The van der Waals surface area contributed by atoms with Gasteiger partial charge in [0.15, 0.2) is 0 Å². The molecule has 0 bridgehead atoms. The number of rotatable bonds is 1. The molecule has 1 aliphatic carbocycles. The predicted molar refractivity (Wildman–Crippen MR) is 85.1 cm³/mol. The zero-order chi connectivity index (χ0) is 17.3. The second kappa shape index (κ2) is 6.14. The summed E-state index contributed by atoms with van der Waals surface area (Å²) in [5.74, 6) is -1.01. The number of amides is 2. The lowest BCUT2D eigenvalue weighted by atomic mass is 10.1. The number of nitrogens with one attached hydrogen (secondary N) is 2. The van der Waals surface area contributed by atoms with Gasteiger partial charge in [-0.2, -0.15) is 0 Å². The SMILES string of the molecule is CC(C)(C)OC(=O)N[C@]12CC1C=CCCCCS(=O)(=O)NC2=O. The maximum atomic E-state index is 12.4. The van der Waals surface area contributed by atoms with Gasteiger partial charge in [0.2, 0.25) is 10.0 Å². The second-order valence-corrected chi connectivity index (χ2v) is 8.92. The molecular weight excluding hydrogens is 320 g/mol. The van der Waals surface area contributed by atoms with Gasteiger partial charge in [-0.05, 0) is 46.5 Å². The number of ether oxygens (including phenoxy) is 1. The molecule has 7 nitrogen and oxygen atoms in total. The Labute approximate surface area is 136 Å². The highest BCUT2D eigenvalue weighted by molar-refractivity contribution is 7.90. The fraction of sp³-hybridized carbons (Fsp3) is 0.733. The van der Waals surface area contributed by atoms with Gasteiger partial charge in [0.05, 0.1) is 5.75 Å². The molecule has 0 radical (unpaired) electrons. The molecule has 1 heterocycles. The molecule has 0 aromatic rings. The normalized spacial score (nSPS) is 30.4. The molecule has 2 atom stereocenters. The highest BCUT2D eigenvalue weighted by Gasteiger charge is 2.61. The van der Waals surface area contributed by atoms with Crippen LogP contribution in [0.4, 0.5) is 4.79 Å². The number of fused-ring (bicyclic) bond motifs is 1. The number of hydrogen-bond donors (Lipinski definition) is 2. The summed E-state index contributed by atoms with van der Waals surface area (Å²) in [4.78, 5) is 24.4. The summed E-state index contributed by atoms with van der Waals surface area (Å²) in [6.07, 6.45) is 5.43. The van der Waals surface area contributed by atoms with Crippen LogP contribution < -0.4 is 10.0 Å². The van der Waals surface area contributed by atoms with Crippen LogP contribution in [0.15, 0.2) is 12.2 Å². The lowest BCUT2D eigenvalue weighted by molar-refractivity contribution is -0.122. The van der Waals surface area contributed by atoms with Crippen molar-refractivity contribution in [2.24, 2.45) is 5.92 Å². The van der Waals surface area contributed by atoms with E-state index in [1.807, 2.05) is 12.2 Å². The number of carbonyl (C=O) groups is 2. The van der Waals surface area contributed by atoms with Gasteiger partial charge in [0, 0.05) is 5.92 Å². The van der Waals surface area contributed by atoms with Crippen molar-refractivity contribution in [3.63, 3.8) is 0 Å². The van der Waals surface area contributed by atoms with Gasteiger partial charge in [-0.1, -0.05) is 12.2 Å². The summed E-state index contributed by atoms with van der Waals surface area (Å²) in [6, 6.07) is 0. The summed E-state index contributed by atoms with van der Waals surface area (Å²) in [5.41, 5.74) is -1.94. The Bertz CT molecular complexity index is 620. The molecule has 1 aliphatic heterocycles. The van der Waals surface area contributed by atoms with E-state index >= 15 is 0 Å². The summed E-state index contributed by atoms with van der Waals surface area (Å²) in [5, 5.41) is 2.56. The van der Waals surface area contributed by atoms with Crippen LogP contribution in [0, 0.1) is 5.92 Å². The molecular formula is C15H24N2O5S. The van der Waals surface area contributed by atoms with Crippen molar-refractivity contribution >= 4 is 22.0 Å². The van der Waals surface area contributed by atoms with E-state index in [2.05, 4.69) is 10.0 Å². The first kappa shape index (κ1) is 17.8. The Kier molecular flexibility index (Phi) is 4.75. The third kappa shape index (κ3) is 4.70. The van der Waals surface area contributed by atoms with Crippen LogP contribution in [0.2, 0.25) is 0 Å². The average Bonchev–Trinajstić information content (AvgIpc) is 3.04.